The van der Waals surface area contributed by atoms with Gasteiger partial charge in [-0.15, -0.1) is 11.3 Å². The molecule has 1 atom stereocenters. The minimum Gasteiger partial charge on any atom is -0.467 e. The number of rotatable bonds is 8. The average Bonchev–Trinajstić information content (AvgIpc) is 3.56. The number of carbonyl (C=O) groups is 3. The van der Waals surface area contributed by atoms with Crippen LogP contribution in [0.15, 0.2) is 70.7 Å². The number of furan rings is 1. The maximum Gasteiger partial charge on any atom is 0.252 e. The van der Waals surface area contributed by atoms with E-state index in [1.165, 1.54) is 41.9 Å². The molecule has 0 bridgehead atoms. The molecule has 35 heavy (non-hydrogen) atoms. The van der Waals surface area contributed by atoms with Gasteiger partial charge in [0.25, 0.3) is 11.8 Å². The molecular weight excluding hydrogens is 462 g/mol. The zero-order valence-electron chi connectivity index (χ0n) is 19.6. The molecule has 182 valence electrons. The van der Waals surface area contributed by atoms with E-state index < -0.39 is 6.04 Å². The molecule has 0 spiro atoms. The Morgan fingerprint density at radius 1 is 1.06 bits per heavy atom. The maximum atomic E-state index is 13.6. The zero-order valence-corrected chi connectivity index (χ0v) is 20.4. The van der Waals surface area contributed by atoms with Crippen LogP contribution in [0.25, 0.3) is 6.08 Å². The standard InChI is InChI=1S/C27H29N3O4S/c1-19(31)28-21-11-13-22(14-12-21)30(25(32)16-15-23-9-6-18-35-23)26(24-10-5-17-34-24)27(33)29-20-7-3-2-4-8-20/h5-6,9-18,20,26H,2-4,7-8H2,1H3,(H,28,31)(H,29,33)/b16-15+. The van der Waals surface area contributed by atoms with Crippen molar-refractivity contribution in [3.8, 4) is 0 Å². The number of thiophene rings is 1. The molecule has 1 unspecified atom stereocenters. The van der Waals surface area contributed by atoms with Crippen LogP contribution in [0.3, 0.4) is 0 Å². The zero-order chi connectivity index (χ0) is 24.6. The van der Waals surface area contributed by atoms with Crippen LogP contribution in [0.4, 0.5) is 11.4 Å². The van der Waals surface area contributed by atoms with Crippen molar-refractivity contribution in [1.29, 1.82) is 0 Å². The molecule has 8 heteroatoms. The smallest absolute Gasteiger partial charge is 0.252 e. The average molecular weight is 492 g/mol. The summed E-state index contributed by atoms with van der Waals surface area (Å²) in [5.41, 5.74) is 1.11. The van der Waals surface area contributed by atoms with Gasteiger partial charge in [0.15, 0.2) is 6.04 Å². The first kappa shape index (κ1) is 24.5. The number of hydrogen-bond donors (Lipinski definition) is 2. The second-order valence-corrected chi connectivity index (χ2v) is 9.53. The van der Waals surface area contributed by atoms with Gasteiger partial charge in [-0.3, -0.25) is 19.3 Å². The third-order valence-electron chi connectivity index (χ3n) is 5.91. The fourth-order valence-corrected chi connectivity index (χ4v) is 4.90. The van der Waals surface area contributed by atoms with E-state index in [1.54, 1.807) is 42.5 Å². The quantitative estimate of drug-likeness (QED) is 0.405. The van der Waals surface area contributed by atoms with Crippen LogP contribution in [0, 0.1) is 0 Å². The summed E-state index contributed by atoms with van der Waals surface area (Å²) in [4.78, 5) is 41.0. The van der Waals surface area contributed by atoms with Gasteiger partial charge in [0.2, 0.25) is 5.91 Å². The maximum absolute atomic E-state index is 13.6. The first-order valence-electron chi connectivity index (χ1n) is 11.8. The Balaban J connectivity index is 1.69. The first-order chi connectivity index (χ1) is 17.0. The Morgan fingerprint density at radius 3 is 2.46 bits per heavy atom. The number of benzene rings is 1. The number of nitrogens with zero attached hydrogens (tertiary/aromatic N) is 1. The van der Waals surface area contributed by atoms with Gasteiger partial charge in [-0.25, -0.2) is 0 Å². The Bertz CT molecular complexity index is 1150. The van der Waals surface area contributed by atoms with Crippen LogP contribution in [-0.2, 0) is 14.4 Å². The summed E-state index contributed by atoms with van der Waals surface area (Å²) in [6, 6.07) is 13.2. The van der Waals surface area contributed by atoms with E-state index in [1.807, 2.05) is 17.5 Å². The summed E-state index contributed by atoms with van der Waals surface area (Å²) in [6.45, 7) is 1.43. The van der Waals surface area contributed by atoms with Gasteiger partial charge in [-0.05, 0) is 66.8 Å². The lowest BCUT2D eigenvalue weighted by atomic mass is 9.95. The van der Waals surface area contributed by atoms with Crippen LogP contribution in [0.5, 0.6) is 0 Å². The van der Waals surface area contributed by atoms with Gasteiger partial charge < -0.3 is 15.1 Å². The third-order valence-corrected chi connectivity index (χ3v) is 6.74. The molecule has 0 saturated heterocycles. The van der Waals surface area contributed by atoms with E-state index in [-0.39, 0.29) is 23.8 Å². The molecule has 1 fully saturated rings. The summed E-state index contributed by atoms with van der Waals surface area (Å²) in [5.74, 6) is -0.450. The monoisotopic (exact) mass is 491 g/mol. The van der Waals surface area contributed by atoms with Crippen molar-refractivity contribution in [3.05, 3.63) is 76.9 Å². The topological polar surface area (TPSA) is 91.7 Å². The van der Waals surface area contributed by atoms with Crippen LogP contribution in [0.1, 0.15) is 55.7 Å². The van der Waals surface area contributed by atoms with Crippen molar-refractivity contribution in [3.63, 3.8) is 0 Å². The molecule has 4 rings (SSSR count). The van der Waals surface area contributed by atoms with Crippen molar-refractivity contribution < 1.29 is 18.8 Å². The number of amides is 3. The Kier molecular flexibility index (Phi) is 8.15. The minimum atomic E-state index is -0.987. The molecule has 2 N–H and O–H groups in total. The summed E-state index contributed by atoms with van der Waals surface area (Å²) < 4.78 is 5.65. The van der Waals surface area contributed by atoms with E-state index >= 15 is 0 Å². The van der Waals surface area contributed by atoms with Crippen molar-refractivity contribution in [2.75, 3.05) is 10.2 Å². The molecule has 0 radical (unpaired) electrons. The predicted octanol–water partition coefficient (Wildman–Crippen LogP) is 5.54. The summed E-state index contributed by atoms with van der Waals surface area (Å²) >= 11 is 1.52. The molecule has 1 aliphatic carbocycles. The molecule has 1 saturated carbocycles. The summed E-state index contributed by atoms with van der Waals surface area (Å²) in [5, 5.41) is 7.81. The van der Waals surface area contributed by atoms with Gasteiger partial charge in [0.05, 0.1) is 6.26 Å². The largest absolute Gasteiger partial charge is 0.467 e. The van der Waals surface area contributed by atoms with E-state index in [4.69, 9.17) is 4.42 Å². The van der Waals surface area contributed by atoms with E-state index in [0.717, 1.165) is 30.6 Å². The highest BCUT2D eigenvalue weighted by atomic mass is 32.1. The molecule has 3 amide bonds. The van der Waals surface area contributed by atoms with E-state index in [9.17, 15) is 14.4 Å². The molecule has 1 aromatic carbocycles. The Hall–Kier alpha value is -3.65. The van der Waals surface area contributed by atoms with Crippen molar-refractivity contribution in [2.24, 2.45) is 0 Å². The predicted molar refractivity (Wildman–Crippen MR) is 138 cm³/mol. The van der Waals surface area contributed by atoms with Gasteiger partial charge in [-0.1, -0.05) is 25.3 Å². The first-order valence-corrected chi connectivity index (χ1v) is 12.7. The molecular formula is C27H29N3O4S. The second-order valence-electron chi connectivity index (χ2n) is 8.55. The van der Waals surface area contributed by atoms with E-state index in [0.29, 0.717) is 17.1 Å². The Morgan fingerprint density at radius 2 is 1.83 bits per heavy atom. The SMILES string of the molecule is CC(=O)Nc1ccc(N(C(=O)/C=C/c2cccs2)C(C(=O)NC2CCCCC2)c2ccco2)cc1. The fourth-order valence-electron chi connectivity index (χ4n) is 4.28. The number of anilines is 2. The second kappa shape index (κ2) is 11.7. The fraction of sp³-hybridized carbons (Fsp3) is 0.296. The molecule has 7 nitrogen and oxygen atoms in total. The lowest BCUT2D eigenvalue weighted by Gasteiger charge is -2.31. The van der Waals surface area contributed by atoms with Crippen LogP contribution >= 0.6 is 11.3 Å². The normalized spacial score (nSPS) is 15.0. The highest BCUT2D eigenvalue weighted by Crippen LogP contribution is 2.31. The van der Waals surface area contributed by atoms with Crippen molar-refractivity contribution in [2.45, 2.75) is 51.1 Å². The van der Waals surface area contributed by atoms with Crippen molar-refractivity contribution in [1.82, 2.24) is 5.32 Å². The van der Waals surface area contributed by atoms with Crippen molar-refractivity contribution >= 4 is 46.5 Å². The highest BCUT2D eigenvalue weighted by Gasteiger charge is 2.35. The third kappa shape index (κ3) is 6.48. The lowest BCUT2D eigenvalue weighted by molar-refractivity contribution is -0.126. The number of carbonyl (C=O) groups excluding carboxylic acids is 3. The van der Waals surface area contributed by atoms with Crippen LogP contribution < -0.4 is 15.5 Å². The van der Waals surface area contributed by atoms with Gasteiger partial charge in [0.1, 0.15) is 5.76 Å². The van der Waals surface area contributed by atoms with E-state index in [2.05, 4.69) is 10.6 Å². The Labute approximate surface area is 208 Å². The summed E-state index contributed by atoms with van der Waals surface area (Å²) in [7, 11) is 0. The van der Waals surface area contributed by atoms with Crippen LogP contribution in [-0.4, -0.2) is 23.8 Å². The van der Waals surface area contributed by atoms with Crippen LogP contribution in [0.2, 0.25) is 0 Å². The molecule has 0 aliphatic heterocycles. The highest BCUT2D eigenvalue weighted by molar-refractivity contribution is 7.10. The molecule has 3 aromatic rings. The van der Waals surface area contributed by atoms with Gasteiger partial charge in [-0.2, -0.15) is 0 Å². The minimum absolute atomic E-state index is 0.0782. The number of hydrogen-bond acceptors (Lipinski definition) is 5. The number of nitrogens with one attached hydrogen (secondary N) is 2. The van der Waals surface area contributed by atoms with Gasteiger partial charge in [0, 0.05) is 35.3 Å². The van der Waals surface area contributed by atoms with Gasteiger partial charge >= 0.3 is 0 Å². The molecule has 2 heterocycles. The molecule has 2 aromatic heterocycles. The summed E-state index contributed by atoms with van der Waals surface area (Å²) in [6.07, 6.45) is 9.89. The molecule has 1 aliphatic rings. The lowest BCUT2D eigenvalue weighted by Crippen LogP contribution is -2.46.